The van der Waals surface area contributed by atoms with Crippen molar-refractivity contribution in [2.75, 3.05) is 23.0 Å². The number of aryl methyl sites for hydroxylation is 3. The Morgan fingerprint density at radius 3 is 2.32 bits per heavy atom. The minimum atomic E-state index is -0.736. The highest BCUT2D eigenvalue weighted by Gasteiger charge is 2.26. The summed E-state index contributed by atoms with van der Waals surface area (Å²) in [5.74, 6) is 1.24. The van der Waals surface area contributed by atoms with Crippen molar-refractivity contribution in [2.24, 2.45) is 0 Å². The summed E-state index contributed by atoms with van der Waals surface area (Å²) in [6.45, 7) is 11.0. The van der Waals surface area contributed by atoms with Crippen molar-refractivity contribution < 1.29 is 9.00 Å². The molecule has 1 saturated heterocycles. The molecule has 1 amide bonds. The minimum absolute atomic E-state index is 0.163. The van der Waals surface area contributed by atoms with Gasteiger partial charge in [0, 0.05) is 63.9 Å². The molecule has 38 heavy (non-hydrogen) atoms. The van der Waals surface area contributed by atoms with Gasteiger partial charge in [0.15, 0.2) is 0 Å². The van der Waals surface area contributed by atoms with E-state index in [4.69, 9.17) is 0 Å². The highest BCUT2D eigenvalue weighted by atomic mass is 32.2. The van der Waals surface area contributed by atoms with Gasteiger partial charge in [0.2, 0.25) is 0 Å². The highest BCUT2D eigenvalue weighted by Crippen LogP contribution is 2.34. The van der Waals surface area contributed by atoms with Gasteiger partial charge in [-0.1, -0.05) is 31.2 Å². The Hall–Kier alpha value is -3.19. The molecule has 2 aromatic carbocycles. The van der Waals surface area contributed by atoms with Crippen molar-refractivity contribution in [1.29, 1.82) is 0 Å². The van der Waals surface area contributed by atoms with Gasteiger partial charge in [0.25, 0.3) is 11.5 Å². The predicted molar refractivity (Wildman–Crippen MR) is 158 cm³/mol. The molecule has 0 atom stereocenters. The maximum absolute atomic E-state index is 13.6. The number of carbonyl (C=O) groups is 1. The normalized spacial score (nSPS) is 17.3. The Bertz CT molecular complexity index is 1380. The number of nitrogens with one attached hydrogen (secondary N) is 2. The molecule has 0 radical (unpaired) electrons. The summed E-state index contributed by atoms with van der Waals surface area (Å²) in [6, 6.07) is 14.9. The molecule has 1 aliphatic rings. The van der Waals surface area contributed by atoms with Crippen molar-refractivity contribution in [3.63, 3.8) is 0 Å². The molecule has 7 heteroatoms. The summed E-state index contributed by atoms with van der Waals surface area (Å²) in [5.41, 5.74) is 7.94. The molecule has 1 aliphatic heterocycles. The van der Waals surface area contributed by atoms with Crippen LogP contribution < -0.4 is 15.8 Å². The van der Waals surface area contributed by atoms with Crippen LogP contribution in [0.4, 0.5) is 5.69 Å². The monoisotopic (exact) mass is 533 g/mol. The van der Waals surface area contributed by atoms with Crippen LogP contribution >= 0.6 is 0 Å². The first-order valence-corrected chi connectivity index (χ1v) is 15.0. The molecule has 3 aromatic rings. The highest BCUT2D eigenvalue weighted by molar-refractivity contribution is 7.85. The lowest BCUT2D eigenvalue weighted by molar-refractivity contribution is 0.0950. The van der Waals surface area contributed by atoms with E-state index in [0.717, 1.165) is 70.9 Å². The van der Waals surface area contributed by atoms with E-state index >= 15 is 0 Å². The van der Waals surface area contributed by atoms with E-state index in [0.29, 0.717) is 17.2 Å². The van der Waals surface area contributed by atoms with Gasteiger partial charge in [0.1, 0.15) is 0 Å². The summed E-state index contributed by atoms with van der Waals surface area (Å²) >= 11 is 0. The number of carbonyl (C=O) groups excluding carboxylic acids is 1. The maximum Gasteiger partial charge on any atom is 0.253 e. The molecule has 1 fully saturated rings. The topological polar surface area (TPSA) is 82.3 Å². The fourth-order valence-corrected chi connectivity index (χ4v) is 6.69. The van der Waals surface area contributed by atoms with Gasteiger partial charge in [-0.3, -0.25) is 13.8 Å². The number of aromatic nitrogens is 1. The lowest BCUT2D eigenvalue weighted by atomic mass is 9.95. The number of aromatic amines is 1. The Balaban J connectivity index is 1.73. The fraction of sp³-hybridized carbons (Fsp3) is 0.419. The molecule has 0 saturated carbocycles. The first-order valence-electron chi connectivity index (χ1n) is 13.5. The lowest BCUT2D eigenvalue weighted by Gasteiger charge is -2.36. The molecule has 0 unspecified atom stereocenters. The fourth-order valence-electron chi connectivity index (χ4n) is 5.42. The number of amides is 1. The number of rotatable bonds is 8. The second-order valence-electron chi connectivity index (χ2n) is 10.2. The van der Waals surface area contributed by atoms with Crippen LogP contribution in [-0.2, 0) is 23.8 Å². The molecule has 0 bridgehead atoms. The largest absolute Gasteiger partial charge is 0.369 e. The van der Waals surface area contributed by atoms with E-state index in [9.17, 15) is 13.8 Å². The van der Waals surface area contributed by atoms with E-state index in [1.807, 2.05) is 32.9 Å². The van der Waals surface area contributed by atoms with Crippen molar-refractivity contribution in [3.05, 3.63) is 86.3 Å². The number of nitrogens with zero attached hydrogens (tertiary/aromatic N) is 1. The van der Waals surface area contributed by atoms with Crippen LogP contribution in [0.1, 0.15) is 65.0 Å². The van der Waals surface area contributed by atoms with Gasteiger partial charge >= 0.3 is 0 Å². The van der Waals surface area contributed by atoms with E-state index in [1.54, 1.807) is 0 Å². The maximum atomic E-state index is 13.6. The summed E-state index contributed by atoms with van der Waals surface area (Å²) in [5, 5.41) is 3.01. The Kier molecular flexibility index (Phi) is 8.87. The zero-order valence-corrected chi connectivity index (χ0v) is 24.0. The summed E-state index contributed by atoms with van der Waals surface area (Å²) < 4.78 is 12.0. The lowest BCUT2D eigenvalue weighted by Crippen LogP contribution is -2.40. The standard InChI is InChI=1S/C31H39N3O3S/c1-6-23-8-10-24(11-9-23)25-17-27(30(35)32-19-28-20(3)16-21(4)33-31(28)36)22(5)29(18-25)34(7-2)26-12-14-38(37)15-13-26/h8-11,16-18,26H,6-7,12-15,19H2,1-5H3,(H,32,35)(H,33,36). The second kappa shape index (κ2) is 12.1. The zero-order valence-electron chi connectivity index (χ0n) is 23.1. The quantitative estimate of drug-likeness (QED) is 0.417. The third-order valence-electron chi connectivity index (χ3n) is 7.69. The van der Waals surface area contributed by atoms with Gasteiger partial charge < -0.3 is 15.2 Å². The molecule has 2 heterocycles. The smallest absolute Gasteiger partial charge is 0.253 e. The predicted octanol–water partition coefficient (Wildman–Crippen LogP) is 5.20. The number of benzene rings is 2. The number of pyridine rings is 1. The second-order valence-corrected chi connectivity index (χ2v) is 11.9. The van der Waals surface area contributed by atoms with Crippen LogP contribution in [0.3, 0.4) is 0 Å². The average molecular weight is 534 g/mol. The summed E-state index contributed by atoms with van der Waals surface area (Å²) in [4.78, 5) is 31.3. The third-order valence-corrected chi connectivity index (χ3v) is 9.07. The van der Waals surface area contributed by atoms with Crippen molar-refractivity contribution in [3.8, 4) is 11.1 Å². The zero-order chi connectivity index (χ0) is 27.4. The Morgan fingerprint density at radius 2 is 1.71 bits per heavy atom. The molecule has 202 valence electrons. The molecule has 0 spiro atoms. The molecule has 1 aromatic heterocycles. The summed E-state index contributed by atoms with van der Waals surface area (Å²) in [7, 11) is -0.736. The van der Waals surface area contributed by atoms with Gasteiger partial charge in [-0.15, -0.1) is 0 Å². The molecule has 0 aliphatic carbocycles. The van der Waals surface area contributed by atoms with E-state index in [2.05, 4.69) is 59.4 Å². The Morgan fingerprint density at radius 1 is 1.03 bits per heavy atom. The first-order chi connectivity index (χ1) is 18.2. The summed E-state index contributed by atoms with van der Waals surface area (Å²) in [6.07, 6.45) is 2.73. The molecular formula is C31H39N3O3S. The molecule has 4 rings (SSSR count). The van der Waals surface area contributed by atoms with E-state index in [-0.39, 0.29) is 18.0 Å². The molecule has 2 N–H and O–H groups in total. The van der Waals surface area contributed by atoms with Crippen LogP contribution in [-0.4, -0.2) is 39.2 Å². The first kappa shape index (κ1) is 27.8. The van der Waals surface area contributed by atoms with E-state index < -0.39 is 10.8 Å². The minimum Gasteiger partial charge on any atom is -0.369 e. The van der Waals surface area contributed by atoms with E-state index in [1.165, 1.54) is 5.56 Å². The van der Waals surface area contributed by atoms with Crippen LogP contribution in [0.25, 0.3) is 11.1 Å². The average Bonchev–Trinajstić information content (AvgIpc) is 2.90. The number of anilines is 1. The SMILES string of the molecule is CCc1ccc(-c2cc(C(=O)NCc3c(C)cc(C)[nH]c3=O)c(C)c(N(CC)C3CCS(=O)CC3)c2)cc1. The number of H-pyrrole nitrogens is 1. The van der Waals surface area contributed by atoms with Gasteiger partial charge in [-0.25, -0.2) is 0 Å². The number of hydrogen-bond acceptors (Lipinski definition) is 4. The van der Waals surface area contributed by atoms with Crippen molar-refractivity contribution >= 4 is 22.4 Å². The molecular weight excluding hydrogens is 494 g/mol. The van der Waals surface area contributed by atoms with Crippen molar-refractivity contribution in [2.45, 2.75) is 66.5 Å². The van der Waals surface area contributed by atoms with Crippen LogP contribution in [0.5, 0.6) is 0 Å². The Labute approximate surface area is 228 Å². The van der Waals surface area contributed by atoms with Crippen LogP contribution in [0.2, 0.25) is 0 Å². The van der Waals surface area contributed by atoms with Crippen LogP contribution in [0.15, 0.2) is 47.3 Å². The van der Waals surface area contributed by atoms with Crippen LogP contribution in [0, 0.1) is 20.8 Å². The van der Waals surface area contributed by atoms with Gasteiger partial charge in [0.05, 0.1) is 0 Å². The number of hydrogen-bond donors (Lipinski definition) is 2. The van der Waals surface area contributed by atoms with Gasteiger partial charge in [-0.05, 0) is 93.0 Å². The third kappa shape index (κ3) is 6.09. The van der Waals surface area contributed by atoms with Gasteiger partial charge in [-0.2, -0.15) is 0 Å². The molecule has 6 nitrogen and oxygen atoms in total. The van der Waals surface area contributed by atoms with Crippen molar-refractivity contribution in [1.82, 2.24) is 10.3 Å².